The van der Waals surface area contributed by atoms with Crippen molar-refractivity contribution < 1.29 is 28.2 Å². The molecule has 4 atom stereocenters. The standard InChI is InChI=1S/C30H24ClNO6/c1-13-11-21-25-26(32-38-21)23-16(7-6-8-19(23)33-3)30-29(25,24(13)14(2)36-30)17-10-9-15-20(34-4)12-18(31)28(35-5)22(15)27(17)37-30/h6-12,14,24H,1-5H3/t14-,24-,29+,30+/m1/s1. The van der Waals surface area contributed by atoms with Crippen molar-refractivity contribution in [1.29, 1.82) is 0 Å². The summed E-state index contributed by atoms with van der Waals surface area (Å²) in [4.78, 5) is 0. The lowest BCUT2D eigenvalue weighted by Crippen LogP contribution is -2.53. The van der Waals surface area contributed by atoms with Crippen molar-refractivity contribution in [3.63, 3.8) is 0 Å². The SMILES string of the molecule is COc1cccc2c1-c1noc3c1[C@@]14c5ccc6c(OC)cc(Cl)c(OC)c6c5O[C@@]21O[C@H](C)[C@H]4C(C)=C3. The highest BCUT2D eigenvalue weighted by atomic mass is 35.5. The number of halogens is 1. The van der Waals surface area contributed by atoms with Crippen molar-refractivity contribution in [3.8, 4) is 34.3 Å². The Morgan fingerprint density at radius 1 is 1.00 bits per heavy atom. The van der Waals surface area contributed by atoms with Gasteiger partial charge in [0.2, 0.25) is 0 Å². The third kappa shape index (κ3) is 2.15. The molecule has 1 saturated heterocycles. The molecular formula is C30H24ClNO6. The van der Waals surface area contributed by atoms with E-state index in [0.29, 0.717) is 33.8 Å². The van der Waals surface area contributed by atoms with Crippen molar-refractivity contribution in [1.82, 2.24) is 5.16 Å². The van der Waals surface area contributed by atoms with Gasteiger partial charge in [0.05, 0.1) is 43.4 Å². The molecule has 3 aromatic carbocycles. The van der Waals surface area contributed by atoms with Crippen molar-refractivity contribution >= 4 is 28.4 Å². The highest BCUT2D eigenvalue weighted by Crippen LogP contribution is 2.75. The molecule has 4 aromatic rings. The van der Waals surface area contributed by atoms with E-state index in [1.54, 1.807) is 27.4 Å². The van der Waals surface area contributed by atoms with Gasteiger partial charge < -0.3 is 28.2 Å². The van der Waals surface area contributed by atoms with E-state index < -0.39 is 11.2 Å². The molecule has 1 fully saturated rings. The van der Waals surface area contributed by atoms with E-state index in [1.165, 1.54) is 0 Å². The van der Waals surface area contributed by atoms with Crippen LogP contribution in [0.15, 0.2) is 46.5 Å². The Bertz CT molecular complexity index is 1760. The first-order valence-electron chi connectivity index (χ1n) is 12.5. The van der Waals surface area contributed by atoms with Gasteiger partial charge in [-0.2, -0.15) is 0 Å². The number of ether oxygens (including phenoxy) is 5. The van der Waals surface area contributed by atoms with Gasteiger partial charge in [-0.25, -0.2) is 0 Å². The fourth-order valence-electron chi connectivity index (χ4n) is 7.72. The Hall–Kier alpha value is -3.68. The molecule has 1 spiro atoms. The normalized spacial score (nSPS) is 27.2. The summed E-state index contributed by atoms with van der Waals surface area (Å²) in [6.07, 6.45) is 1.93. The molecule has 1 aromatic heterocycles. The molecule has 0 radical (unpaired) electrons. The van der Waals surface area contributed by atoms with E-state index in [0.717, 1.165) is 44.3 Å². The van der Waals surface area contributed by atoms with E-state index >= 15 is 0 Å². The Morgan fingerprint density at radius 2 is 1.82 bits per heavy atom. The predicted octanol–water partition coefficient (Wildman–Crippen LogP) is 6.47. The second-order valence-electron chi connectivity index (χ2n) is 10.3. The molecule has 0 amide bonds. The number of methoxy groups -OCH3 is 3. The second kappa shape index (κ2) is 7.04. The minimum Gasteiger partial charge on any atom is -0.496 e. The van der Waals surface area contributed by atoms with Crippen LogP contribution in [-0.4, -0.2) is 32.6 Å². The summed E-state index contributed by atoms with van der Waals surface area (Å²) in [6.45, 7) is 4.23. The van der Waals surface area contributed by atoms with Crippen LogP contribution in [0.2, 0.25) is 5.02 Å². The third-order valence-corrected chi connectivity index (χ3v) is 9.11. The van der Waals surface area contributed by atoms with E-state index in [4.69, 9.17) is 39.8 Å². The molecule has 8 heteroatoms. The van der Waals surface area contributed by atoms with Crippen molar-refractivity contribution in [3.05, 3.63) is 69.4 Å². The smallest absolute Gasteiger partial charge is 0.253 e. The Labute approximate surface area is 223 Å². The lowest BCUT2D eigenvalue weighted by molar-refractivity contribution is -0.187. The average molecular weight is 530 g/mol. The molecule has 38 heavy (non-hydrogen) atoms. The summed E-state index contributed by atoms with van der Waals surface area (Å²) in [7, 11) is 4.90. The topological polar surface area (TPSA) is 72.2 Å². The molecule has 0 bridgehead atoms. The maximum absolute atomic E-state index is 7.19. The van der Waals surface area contributed by atoms with Crippen LogP contribution in [0.5, 0.6) is 23.0 Å². The molecule has 192 valence electrons. The zero-order valence-electron chi connectivity index (χ0n) is 21.5. The summed E-state index contributed by atoms with van der Waals surface area (Å²) in [5.41, 5.74) is 4.75. The summed E-state index contributed by atoms with van der Waals surface area (Å²) in [6, 6.07) is 11.9. The van der Waals surface area contributed by atoms with Crippen molar-refractivity contribution in [2.45, 2.75) is 31.2 Å². The molecule has 0 saturated carbocycles. The van der Waals surface area contributed by atoms with Gasteiger partial charge in [0.1, 0.15) is 34.1 Å². The molecule has 2 aliphatic heterocycles. The van der Waals surface area contributed by atoms with Crippen LogP contribution in [0.25, 0.3) is 28.1 Å². The first-order chi connectivity index (χ1) is 18.4. The quantitative estimate of drug-likeness (QED) is 0.301. The van der Waals surface area contributed by atoms with Crippen molar-refractivity contribution in [2.75, 3.05) is 21.3 Å². The monoisotopic (exact) mass is 529 g/mol. The largest absolute Gasteiger partial charge is 0.496 e. The second-order valence-corrected chi connectivity index (χ2v) is 10.7. The number of hydrogen-bond donors (Lipinski definition) is 0. The molecule has 3 heterocycles. The lowest BCUT2D eigenvalue weighted by Gasteiger charge is -2.46. The molecule has 0 unspecified atom stereocenters. The van der Waals surface area contributed by atoms with Crippen LogP contribution in [0.1, 0.15) is 36.3 Å². The molecule has 2 aliphatic carbocycles. The molecule has 7 nitrogen and oxygen atoms in total. The molecular weight excluding hydrogens is 506 g/mol. The van der Waals surface area contributed by atoms with E-state index in [-0.39, 0.29) is 12.0 Å². The fraction of sp³-hybridized carbons (Fsp3) is 0.300. The Kier molecular flexibility index (Phi) is 4.13. The van der Waals surface area contributed by atoms with Crippen LogP contribution < -0.4 is 18.9 Å². The highest BCUT2D eigenvalue weighted by molar-refractivity contribution is 6.34. The fourth-order valence-corrected chi connectivity index (χ4v) is 7.99. The van der Waals surface area contributed by atoms with Gasteiger partial charge in [0.25, 0.3) is 5.79 Å². The number of aromatic nitrogens is 1. The van der Waals surface area contributed by atoms with Gasteiger partial charge >= 0.3 is 0 Å². The van der Waals surface area contributed by atoms with Crippen LogP contribution in [0.4, 0.5) is 0 Å². The molecule has 4 aliphatic rings. The van der Waals surface area contributed by atoms with Crippen molar-refractivity contribution in [2.24, 2.45) is 5.92 Å². The third-order valence-electron chi connectivity index (χ3n) is 8.83. The number of hydrogen-bond acceptors (Lipinski definition) is 7. The van der Waals surface area contributed by atoms with E-state index in [9.17, 15) is 0 Å². The van der Waals surface area contributed by atoms with E-state index in [1.807, 2.05) is 18.2 Å². The van der Waals surface area contributed by atoms with Gasteiger partial charge in [-0.15, -0.1) is 0 Å². The van der Waals surface area contributed by atoms with Gasteiger partial charge in [0.15, 0.2) is 5.76 Å². The van der Waals surface area contributed by atoms with Crippen LogP contribution in [0.3, 0.4) is 0 Å². The Balaban J connectivity index is 1.60. The van der Waals surface area contributed by atoms with E-state index in [2.05, 4.69) is 37.2 Å². The summed E-state index contributed by atoms with van der Waals surface area (Å²) >= 11 is 6.71. The highest BCUT2D eigenvalue weighted by Gasteiger charge is 2.78. The maximum Gasteiger partial charge on any atom is 0.253 e. The first kappa shape index (κ1) is 22.3. The first-order valence-corrected chi connectivity index (χ1v) is 12.9. The number of fused-ring (bicyclic) bond motifs is 5. The Morgan fingerprint density at radius 3 is 2.58 bits per heavy atom. The summed E-state index contributed by atoms with van der Waals surface area (Å²) in [5.74, 6) is 1.97. The van der Waals surface area contributed by atoms with Crippen LogP contribution in [0, 0.1) is 5.92 Å². The zero-order valence-corrected chi connectivity index (χ0v) is 22.2. The van der Waals surface area contributed by atoms with Crippen LogP contribution >= 0.6 is 11.6 Å². The summed E-state index contributed by atoms with van der Waals surface area (Å²) < 4.78 is 37.6. The lowest BCUT2D eigenvalue weighted by atomic mass is 9.54. The van der Waals surface area contributed by atoms with Gasteiger partial charge in [-0.05, 0) is 32.1 Å². The van der Waals surface area contributed by atoms with Gasteiger partial charge in [-0.1, -0.05) is 40.5 Å². The number of nitrogens with zero attached hydrogens (tertiary/aromatic N) is 1. The maximum atomic E-state index is 7.19. The van der Waals surface area contributed by atoms with Gasteiger partial charge in [-0.3, -0.25) is 0 Å². The number of benzene rings is 3. The molecule has 0 N–H and O–H groups in total. The minimum atomic E-state index is -1.19. The van der Waals surface area contributed by atoms with Gasteiger partial charge in [0, 0.05) is 34.1 Å². The van der Waals surface area contributed by atoms with Crippen LogP contribution in [-0.2, 0) is 15.9 Å². The predicted molar refractivity (Wildman–Crippen MR) is 141 cm³/mol. The minimum absolute atomic E-state index is 0.0294. The number of rotatable bonds is 3. The molecule has 8 rings (SSSR count). The summed E-state index contributed by atoms with van der Waals surface area (Å²) in [5, 5.41) is 6.62. The average Bonchev–Trinajstić information content (AvgIpc) is 3.54. The zero-order chi connectivity index (χ0) is 26.1.